The summed E-state index contributed by atoms with van der Waals surface area (Å²) < 4.78 is 5.16. The van der Waals surface area contributed by atoms with Crippen LogP contribution >= 0.6 is 0 Å². The van der Waals surface area contributed by atoms with Crippen molar-refractivity contribution < 1.29 is 9.52 Å². The number of unbranched alkanes of at least 4 members (excludes halogenated alkanes) is 1. The van der Waals surface area contributed by atoms with Gasteiger partial charge in [-0.25, -0.2) is 0 Å². The van der Waals surface area contributed by atoms with Crippen LogP contribution in [0.15, 0.2) is 47.1 Å². The standard InChI is InChI=1S/C16H21NO2/c1-2-3-5-13-7-9-14(10-8-13)17-12-15(18)16-6-4-11-19-16/h4,6-11,15,17-18H,2-3,5,12H2,1H3. The van der Waals surface area contributed by atoms with Crippen LogP contribution in [-0.4, -0.2) is 11.7 Å². The van der Waals surface area contributed by atoms with E-state index in [1.807, 2.05) is 0 Å². The first-order valence-electron chi connectivity index (χ1n) is 6.84. The molecule has 0 aliphatic carbocycles. The van der Waals surface area contributed by atoms with Gasteiger partial charge in [-0.05, 0) is 42.7 Å². The van der Waals surface area contributed by atoms with Crippen molar-refractivity contribution in [3.63, 3.8) is 0 Å². The molecule has 1 unspecified atom stereocenters. The molecule has 3 heteroatoms. The number of aliphatic hydroxyl groups is 1. The number of furan rings is 1. The molecule has 0 saturated heterocycles. The molecule has 0 saturated carbocycles. The van der Waals surface area contributed by atoms with Crippen molar-refractivity contribution in [2.75, 3.05) is 11.9 Å². The smallest absolute Gasteiger partial charge is 0.134 e. The molecule has 1 atom stereocenters. The molecule has 0 radical (unpaired) electrons. The van der Waals surface area contributed by atoms with E-state index >= 15 is 0 Å². The molecular formula is C16H21NO2. The number of benzene rings is 1. The van der Waals surface area contributed by atoms with Gasteiger partial charge in [0.05, 0.1) is 6.26 Å². The molecule has 3 nitrogen and oxygen atoms in total. The van der Waals surface area contributed by atoms with Crippen molar-refractivity contribution in [3.8, 4) is 0 Å². The monoisotopic (exact) mass is 259 g/mol. The minimum atomic E-state index is -0.616. The average molecular weight is 259 g/mol. The van der Waals surface area contributed by atoms with E-state index in [4.69, 9.17) is 4.42 Å². The van der Waals surface area contributed by atoms with Gasteiger partial charge in [0, 0.05) is 12.2 Å². The summed E-state index contributed by atoms with van der Waals surface area (Å²) in [5.41, 5.74) is 2.38. The summed E-state index contributed by atoms with van der Waals surface area (Å²) >= 11 is 0. The van der Waals surface area contributed by atoms with Crippen LogP contribution < -0.4 is 5.32 Å². The van der Waals surface area contributed by atoms with E-state index in [1.54, 1.807) is 18.4 Å². The van der Waals surface area contributed by atoms with Crippen molar-refractivity contribution in [1.29, 1.82) is 0 Å². The first-order chi connectivity index (χ1) is 9.29. The van der Waals surface area contributed by atoms with Gasteiger partial charge in [-0.15, -0.1) is 0 Å². The summed E-state index contributed by atoms with van der Waals surface area (Å²) in [6, 6.07) is 11.9. The third-order valence-electron chi connectivity index (χ3n) is 3.14. The second kappa shape index (κ2) is 7.00. The minimum Gasteiger partial charge on any atom is -0.467 e. The SMILES string of the molecule is CCCCc1ccc(NCC(O)c2ccco2)cc1. The van der Waals surface area contributed by atoms with Gasteiger partial charge in [0.25, 0.3) is 0 Å². The molecule has 0 bridgehead atoms. The molecule has 102 valence electrons. The molecule has 1 aromatic heterocycles. The number of rotatable bonds is 7. The molecule has 0 spiro atoms. The van der Waals surface area contributed by atoms with Crippen LogP contribution in [0.4, 0.5) is 5.69 Å². The maximum atomic E-state index is 9.89. The van der Waals surface area contributed by atoms with Gasteiger partial charge in [0.1, 0.15) is 11.9 Å². The fraction of sp³-hybridized carbons (Fsp3) is 0.375. The van der Waals surface area contributed by atoms with Crippen molar-refractivity contribution in [2.24, 2.45) is 0 Å². The Morgan fingerprint density at radius 1 is 1.21 bits per heavy atom. The van der Waals surface area contributed by atoms with Gasteiger partial charge >= 0.3 is 0 Å². The highest BCUT2D eigenvalue weighted by Crippen LogP contribution is 2.16. The number of anilines is 1. The van der Waals surface area contributed by atoms with Crippen LogP contribution in [0.1, 0.15) is 37.2 Å². The Bertz CT molecular complexity index is 462. The lowest BCUT2D eigenvalue weighted by Gasteiger charge is -2.11. The Morgan fingerprint density at radius 3 is 2.63 bits per heavy atom. The van der Waals surface area contributed by atoms with Gasteiger partial charge in [-0.1, -0.05) is 25.5 Å². The molecule has 0 amide bonds. The summed E-state index contributed by atoms with van der Waals surface area (Å²) in [5.74, 6) is 0.590. The molecule has 0 aliphatic heterocycles. The number of aliphatic hydroxyl groups excluding tert-OH is 1. The Morgan fingerprint density at radius 2 is 2.00 bits per heavy atom. The molecule has 1 heterocycles. The van der Waals surface area contributed by atoms with Crippen LogP contribution in [0.3, 0.4) is 0 Å². The number of hydrogen-bond acceptors (Lipinski definition) is 3. The second-order valence-corrected chi connectivity index (χ2v) is 4.71. The fourth-order valence-corrected chi connectivity index (χ4v) is 1.97. The third-order valence-corrected chi connectivity index (χ3v) is 3.14. The Labute approximate surface area is 114 Å². The minimum absolute atomic E-state index is 0.446. The number of aryl methyl sites for hydroxylation is 1. The van der Waals surface area contributed by atoms with Crippen molar-refractivity contribution >= 4 is 5.69 Å². The van der Waals surface area contributed by atoms with Gasteiger partial charge in [-0.3, -0.25) is 0 Å². The summed E-state index contributed by atoms with van der Waals surface area (Å²) in [6.07, 6.45) is 4.53. The fourth-order valence-electron chi connectivity index (χ4n) is 1.97. The van der Waals surface area contributed by atoms with E-state index in [1.165, 1.54) is 18.4 Å². The molecule has 2 aromatic rings. The Balaban J connectivity index is 1.82. The first-order valence-corrected chi connectivity index (χ1v) is 6.84. The van der Waals surface area contributed by atoms with Crippen molar-refractivity contribution in [3.05, 3.63) is 54.0 Å². The van der Waals surface area contributed by atoms with E-state index in [0.29, 0.717) is 12.3 Å². The Kier molecular flexibility index (Phi) is 5.04. The van der Waals surface area contributed by atoms with Crippen LogP contribution in [0.5, 0.6) is 0 Å². The predicted molar refractivity (Wildman–Crippen MR) is 77.2 cm³/mol. The highest BCUT2D eigenvalue weighted by Gasteiger charge is 2.09. The van der Waals surface area contributed by atoms with E-state index < -0.39 is 6.10 Å². The maximum Gasteiger partial charge on any atom is 0.134 e. The quantitative estimate of drug-likeness (QED) is 0.795. The molecule has 0 fully saturated rings. The second-order valence-electron chi connectivity index (χ2n) is 4.71. The molecule has 2 N–H and O–H groups in total. The van der Waals surface area contributed by atoms with Crippen LogP contribution in [0, 0.1) is 0 Å². The normalized spacial score (nSPS) is 12.3. The zero-order valence-corrected chi connectivity index (χ0v) is 11.3. The summed E-state index contributed by atoms with van der Waals surface area (Å²) in [5, 5.41) is 13.1. The topological polar surface area (TPSA) is 45.4 Å². The predicted octanol–water partition coefficient (Wildman–Crippen LogP) is 3.77. The third kappa shape index (κ3) is 4.14. The summed E-state index contributed by atoms with van der Waals surface area (Å²) in [4.78, 5) is 0. The van der Waals surface area contributed by atoms with Crippen molar-refractivity contribution in [1.82, 2.24) is 0 Å². The van der Waals surface area contributed by atoms with Crippen LogP contribution in [0.25, 0.3) is 0 Å². The van der Waals surface area contributed by atoms with Crippen molar-refractivity contribution in [2.45, 2.75) is 32.3 Å². The molecular weight excluding hydrogens is 238 g/mol. The molecule has 2 rings (SSSR count). The zero-order chi connectivity index (χ0) is 13.5. The van der Waals surface area contributed by atoms with Gasteiger partial charge in [0.2, 0.25) is 0 Å². The van der Waals surface area contributed by atoms with Gasteiger partial charge in [-0.2, -0.15) is 0 Å². The van der Waals surface area contributed by atoms with E-state index in [2.05, 4.69) is 36.5 Å². The Hall–Kier alpha value is -1.74. The molecule has 19 heavy (non-hydrogen) atoms. The maximum absolute atomic E-state index is 9.89. The summed E-state index contributed by atoms with van der Waals surface area (Å²) in [6.45, 7) is 2.65. The highest BCUT2D eigenvalue weighted by atomic mass is 16.4. The zero-order valence-electron chi connectivity index (χ0n) is 11.3. The largest absolute Gasteiger partial charge is 0.467 e. The lowest BCUT2D eigenvalue weighted by Crippen LogP contribution is -2.11. The lowest BCUT2D eigenvalue weighted by atomic mass is 10.1. The highest BCUT2D eigenvalue weighted by molar-refractivity contribution is 5.44. The van der Waals surface area contributed by atoms with Gasteiger partial charge in [0.15, 0.2) is 0 Å². The van der Waals surface area contributed by atoms with E-state index in [9.17, 15) is 5.11 Å². The van der Waals surface area contributed by atoms with Crippen LogP contribution in [0.2, 0.25) is 0 Å². The van der Waals surface area contributed by atoms with E-state index in [0.717, 1.165) is 12.1 Å². The summed E-state index contributed by atoms with van der Waals surface area (Å²) in [7, 11) is 0. The van der Waals surface area contributed by atoms with E-state index in [-0.39, 0.29) is 0 Å². The number of nitrogens with one attached hydrogen (secondary N) is 1. The first kappa shape index (κ1) is 13.7. The average Bonchev–Trinajstić information content (AvgIpc) is 2.98. The molecule has 0 aliphatic rings. The number of hydrogen-bond donors (Lipinski definition) is 2. The molecule has 1 aromatic carbocycles. The lowest BCUT2D eigenvalue weighted by molar-refractivity contribution is 0.162. The van der Waals surface area contributed by atoms with Gasteiger partial charge < -0.3 is 14.8 Å². The van der Waals surface area contributed by atoms with Crippen LogP contribution in [-0.2, 0) is 6.42 Å².